The second-order valence-electron chi connectivity index (χ2n) is 3.06. The molecular formula is C7H10O3. The quantitative estimate of drug-likeness (QED) is 0.546. The number of carbonyl (C=O) groups is 1. The molecular weight excluding hydrogens is 132 g/mol. The van der Waals surface area contributed by atoms with E-state index in [0.717, 1.165) is 19.3 Å². The summed E-state index contributed by atoms with van der Waals surface area (Å²) in [6.45, 7) is 0. The maximum atomic E-state index is 10.5. The van der Waals surface area contributed by atoms with E-state index in [4.69, 9.17) is 9.84 Å². The van der Waals surface area contributed by atoms with Crippen LogP contribution in [-0.2, 0) is 9.53 Å². The van der Waals surface area contributed by atoms with E-state index in [9.17, 15) is 4.79 Å². The molecule has 2 rings (SSSR count). The van der Waals surface area contributed by atoms with Gasteiger partial charge in [-0.05, 0) is 19.3 Å². The summed E-state index contributed by atoms with van der Waals surface area (Å²) in [5, 5.41) is 8.62. The normalized spacial score (nSPS) is 44.2. The summed E-state index contributed by atoms with van der Waals surface area (Å²) >= 11 is 0. The Morgan fingerprint density at radius 3 is 2.80 bits per heavy atom. The third-order valence-corrected chi connectivity index (χ3v) is 2.35. The van der Waals surface area contributed by atoms with Gasteiger partial charge in [-0.3, -0.25) is 4.79 Å². The van der Waals surface area contributed by atoms with E-state index in [1.807, 2.05) is 0 Å². The largest absolute Gasteiger partial charge is 0.481 e. The Morgan fingerprint density at radius 2 is 2.20 bits per heavy atom. The zero-order valence-corrected chi connectivity index (χ0v) is 5.62. The molecule has 2 aliphatic rings. The number of ether oxygens (including phenoxy) is 1. The molecule has 0 aromatic carbocycles. The van der Waals surface area contributed by atoms with Crippen LogP contribution in [0.3, 0.4) is 0 Å². The van der Waals surface area contributed by atoms with Crippen LogP contribution in [0.1, 0.15) is 19.3 Å². The highest BCUT2D eigenvalue weighted by molar-refractivity contribution is 5.70. The first-order chi connectivity index (χ1) is 4.77. The fourth-order valence-electron chi connectivity index (χ4n) is 1.63. The minimum absolute atomic E-state index is 0.135. The molecule has 1 N–H and O–H groups in total. The average molecular weight is 142 g/mol. The van der Waals surface area contributed by atoms with Crippen LogP contribution in [0.2, 0.25) is 0 Å². The van der Waals surface area contributed by atoms with Gasteiger partial charge in [0.05, 0.1) is 18.1 Å². The molecule has 0 radical (unpaired) electrons. The maximum absolute atomic E-state index is 10.5. The lowest BCUT2D eigenvalue weighted by molar-refractivity contribution is -0.142. The Morgan fingerprint density at radius 1 is 1.40 bits per heavy atom. The molecule has 3 nitrogen and oxygen atoms in total. The summed E-state index contributed by atoms with van der Waals surface area (Å²) in [5.41, 5.74) is 0. The molecule has 1 heterocycles. The number of carboxylic acid groups (broad SMARTS) is 1. The van der Waals surface area contributed by atoms with Crippen LogP contribution in [0.15, 0.2) is 0 Å². The van der Waals surface area contributed by atoms with Gasteiger partial charge in [0, 0.05) is 0 Å². The minimum Gasteiger partial charge on any atom is -0.481 e. The number of fused-ring (bicyclic) bond motifs is 1. The van der Waals surface area contributed by atoms with E-state index in [-0.39, 0.29) is 12.0 Å². The molecule has 1 aliphatic carbocycles. The lowest BCUT2D eigenvalue weighted by Gasteiger charge is -2.12. The molecule has 0 unspecified atom stereocenters. The van der Waals surface area contributed by atoms with Crippen molar-refractivity contribution in [1.82, 2.24) is 0 Å². The highest BCUT2D eigenvalue weighted by atomic mass is 16.6. The predicted molar refractivity (Wildman–Crippen MR) is 33.6 cm³/mol. The van der Waals surface area contributed by atoms with E-state index in [1.54, 1.807) is 0 Å². The molecule has 56 valence electrons. The number of aliphatic carboxylic acids is 1. The third kappa shape index (κ3) is 0.904. The fraction of sp³-hybridized carbons (Fsp3) is 0.857. The first-order valence-electron chi connectivity index (χ1n) is 3.65. The van der Waals surface area contributed by atoms with E-state index in [0.29, 0.717) is 6.10 Å². The number of hydrogen-bond acceptors (Lipinski definition) is 2. The summed E-state index contributed by atoms with van der Waals surface area (Å²) < 4.78 is 5.19. The van der Waals surface area contributed by atoms with Gasteiger partial charge in [-0.15, -0.1) is 0 Å². The smallest absolute Gasteiger partial charge is 0.306 e. The molecule has 10 heavy (non-hydrogen) atoms. The van der Waals surface area contributed by atoms with Crippen molar-refractivity contribution in [3.8, 4) is 0 Å². The van der Waals surface area contributed by atoms with Gasteiger partial charge in [0.2, 0.25) is 0 Å². The van der Waals surface area contributed by atoms with Gasteiger partial charge < -0.3 is 9.84 Å². The average Bonchev–Trinajstić information content (AvgIpc) is 2.63. The van der Waals surface area contributed by atoms with Crippen molar-refractivity contribution in [2.45, 2.75) is 31.5 Å². The number of epoxide rings is 1. The van der Waals surface area contributed by atoms with Gasteiger partial charge in [0.15, 0.2) is 0 Å². The van der Waals surface area contributed by atoms with Crippen LogP contribution in [0.5, 0.6) is 0 Å². The van der Waals surface area contributed by atoms with Gasteiger partial charge >= 0.3 is 5.97 Å². The van der Waals surface area contributed by atoms with E-state index < -0.39 is 5.97 Å². The standard InChI is InChI=1S/C7H10O3/c8-7(9)4-1-2-5-6(3-4)10-5/h4-6H,1-3H2,(H,8,9)/t4-,5+,6-/m1/s1. The van der Waals surface area contributed by atoms with Crippen LogP contribution in [0, 0.1) is 5.92 Å². The van der Waals surface area contributed by atoms with Gasteiger partial charge in [0.1, 0.15) is 0 Å². The Bertz CT molecular complexity index is 166. The molecule has 1 saturated heterocycles. The fourth-order valence-corrected chi connectivity index (χ4v) is 1.63. The topological polar surface area (TPSA) is 49.8 Å². The van der Waals surface area contributed by atoms with Crippen molar-refractivity contribution in [3.05, 3.63) is 0 Å². The first kappa shape index (κ1) is 6.16. The number of rotatable bonds is 1. The maximum Gasteiger partial charge on any atom is 0.306 e. The molecule has 3 atom stereocenters. The zero-order valence-electron chi connectivity index (χ0n) is 5.62. The van der Waals surface area contributed by atoms with Crippen LogP contribution in [-0.4, -0.2) is 23.3 Å². The van der Waals surface area contributed by atoms with Crippen LogP contribution < -0.4 is 0 Å². The van der Waals surface area contributed by atoms with Crippen molar-refractivity contribution in [2.24, 2.45) is 5.92 Å². The van der Waals surface area contributed by atoms with Crippen molar-refractivity contribution >= 4 is 5.97 Å². The molecule has 3 heteroatoms. The Hall–Kier alpha value is -0.570. The van der Waals surface area contributed by atoms with Gasteiger partial charge in [-0.25, -0.2) is 0 Å². The monoisotopic (exact) mass is 142 g/mol. The van der Waals surface area contributed by atoms with Crippen LogP contribution in [0.25, 0.3) is 0 Å². The van der Waals surface area contributed by atoms with Gasteiger partial charge in [-0.2, -0.15) is 0 Å². The molecule has 2 fully saturated rings. The summed E-state index contributed by atoms with van der Waals surface area (Å²) in [7, 11) is 0. The minimum atomic E-state index is -0.658. The van der Waals surface area contributed by atoms with Crippen molar-refractivity contribution in [1.29, 1.82) is 0 Å². The molecule has 0 spiro atoms. The summed E-state index contributed by atoms with van der Waals surface area (Å²) in [5.74, 6) is -0.794. The summed E-state index contributed by atoms with van der Waals surface area (Å²) in [6, 6.07) is 0. The van der Waals surface area contributed by atoms with Crippen LogP contribution in [0.4, 0.5) is 0 Å². The lowest BCUT2D eigenvalue weighted by atomic mass is 9.90. The van der Waals surface area contributed by atoms with Crippen molar-refractivity contribution in [3.63, 3.8) is 0 Å². The second kappa shape index (κ2) is 1.95. The van der Waals surface area contributed by atoms with Crippen LogP contribution >= 0.6 is 0 Å². The van der Waals surface area contributed by atoms with Crippen molar-refractivity contribution in [2.75, 3.05) is 0 Å². The lowest BCUT2D eigenvalue weighted by Crippen LogP contribution is -2.21. The third-order valence-electron chi connectivity index (χ3n) is 2.35. The number of carboxylic acids is 1. The molecule has 0 aromatic heterocycles. The SMILES string of the molecule is O=C(O)[C@@H]1CC[C@@H]2O[C@@H]2C1. The number of hydrogen-bond donors (Lipinski definition) is 1. The van der Waals surface area contributed by atoms with E-state index in [2.05, 4.69) is 0 Å². The summed E-state index contributed by atoms with van der Waals surface area (Å²) in [4.78, 5) is 10.5. The Balaban J connectivity index is 1.94. The Labute approximate surface area is 59.0 Å². The molecule has 0 amide bonds. The van der Waals surface area contributed by atoms with E-state index in [1.165, 1.54) is 0 Å². The van der Waals surface area contributed by atoms with Gasteiger partial charge in [0.25, 0.3) is 0 Å². The molecule has 0 aromatic rings. The first-order valence-corrected chi connectivity index (χ1v) is 3.65. The van der Waals surface area contributed by atoms with E-state index >= 15 is 0 Å². The Kier molecular flexibility index (Phi) is 1.20. The summed E-state index contributed by atoms with van der Waals surface area (Å²) in [6.07, 6.45) is 3.18. The van der Waals surface area contributed by atoms with Gasteiger partial charge in [-0.1, -0.05) is 0 Å². The predicted octanol–water partition coefficient (Wildman–Crippen LogP) is 0.638. The zero-order chi connectivity index (χ0) is 7.14. The molecule has 1 aliphatic heterocycles. The molecule has 0 bridgehead atoms. The molecule has 1 saturated carbocycles. The highest BCUT2D eigenvalue weighted by Gasteiger charge is 2.45. The van der Waals surface area contributed by atoms with Crippen molar-refractivity contribution < 1.29 is 14.6 Å². The highest BCUT2D eigenvalue weighted by Crippen LogP contribution is 2.39. The second-order valence-corrected chi connectivity index (χ2v) is 3.06.